The van der Waals surface area contributed by atoms with Gasteiger partial charge in [-0.1, -0.05) is 18.2 Å². The number of carbonyl (C=O) groups excluding carboxylic acids is 1. The average molecular weight is 233 g/mol. The van der Waals surface area contributed by atoms with Crippen LogP contribution in [-0.2, 0) is 9.53 Å². The third-order valence-electron chi connectivity index (χ3n) is 2.36. The zero-order valence-corrected chi connectivity index (χ0v) is 10.6. The number of esters is 1. The maximum Gasteiger partial charge on any atom is 0.330 e. The fourth-order valence-corrected chi connectivity index (χ4v) is 1.47. The molecule has 1 aromatic carbocycles. The summed E-state index contributed by atoms with van der Waals surface area (Å²) in [6.07, 6.45) is 3.27. The quantitative estimate of drug-likeness (QED) is 0.578. The summed E-state index contributed by atoms with van der Waals surface area (Å²) in [6, 6.07) is 8.24. The molecule has 17 heavy (non-hydrogen) atoms. The second kappa shape index (κ2) is 6.74. The molecule has 0 fully saturated rings. The molecule has 0 unspecified atom stereocenters. The minimum absolute atomic E-state index is 0.287. The Hall–Kier alpha value is -1.77. The van der Waals surface area contributed by atoms with Crippen LogP contribution in [0.2, 0.25) is 0 Å². The van der Waals surface area contributed by atoms with Crippen LogP contribution in [0.15, 0.2) is 36.4 Å². The molecule has 0 aliphatic rings. The third-order valence-corrected chi connectivity index (χ3v) is 2.36. The summed E-state index contributed by atoms with van der Waals surface area (Å²) in [5, 5.41) is 0. The molecule has 0 saturated heterocycles. The Morgan fingerprint density at radius 2 is 2.24 bits per heavy atom. The van der Waals surface area contributed by atoms with E-state index in [4.69, 9.17) is 4.74 Å². The number of anilines is 1. The second-order valence-corrected chi connectivity index (χ2v) is 3.87. The van der Waals surface area contributed by atoms with Crippen LogP contribution in [0.25, 0.3) is 0 Å². The van der Waals surface area contributed by atoms with Crippen LogP contribution in [0.3, 0.4) is 0 Å². The van der Waals surface area contributed by atoms with Crippen LogP contribution >= 0.6 is 0 Å². The molecule has 0 radical (unpaired) electrons. The monoisotopic (exact) mass is 233 g/mol. The van der Waals surface area contributed by atoms with Gasteiger partial charge in [-0.25, -0.2) is 4.79 Å². The summed E-state index contributed by atoms with van der Waals surface area (Å²) in [7, 11) is 1.99. The third kappa shape index (κ3) is 4.72. The molecule has 1 aromatic rings. The summed E-state index contributed by atoms with van der Waals surface area (Å²) in [5.74, 6) is -0.287. The van der Waals surface area contributed by atoms with Crippen molar-refractivity contribution in [3.8, 4) is 0 Å². The fraction of sp³-hybridized carbons (Fsp3) is 0.357. The lowest BCUT2D eigenvalue weighted by atomic mass is 10.2. The van der Waals surface area contributed by atoms with Gasteiger partial charge in [-0.15, -0.1) is 0 Å². The van der Waals surface area contributed by atoms with Crippen molar-refractivity contribution >= 4 is 11.7 Å². The molecule has 0 amide bonds. The number of hydrogen-bond donors (Lipinski definition) is 0. The number of benzene rings is 1. The first-order valence-electron chi connectivity index (χ1n) is 5.74. The summed E-state index contributed by atoms with van der Waals surface area (Å²) in [4.78, 5) is 13.2. The van der Waals surface area contributed by atoms with Gasteiger partial charge < -0.3 is 9.64 Å². The van der Waals surface area contributed by atoms with Crippen LogP contribution in [0.4, 0.5) is 5.69 Å². The first-order valence-corrected chi connectivity index (χ1v) is 5.74. The highest BCUT2D eigenvalue weighted by Crippen LogP contribution is 2.13. The number of ether oxygens (including phenoxy) is 1. The van der Waals surface area contributed by atoms with Crippen LogP contribution < -0.4 is 4.90 Å². The predicted octanol–water partition coefficient (Wildman–Crippen LogP) is 2.55. The number of nitrogens with zero attached hydrogens (tertiary/aromatic N) is 1. The van der Waals surface area contributed by atoms with E-state index in [-0.39, 0.29) is 5.97 Å². The summed E-state index contributed by atoms with van der Waals surface area (Å²) in [5.41, 5.74) is 2.36. The Morgan fingerprint density at radius 3 is 2.88 bits per heavy atom. The highest BCUT2D eigenvalue weighted by atomic mass is 16.5. The summed E-state index contributed by atoms with van der Waals surface area (Å²) >= 11 is 0. The Balaban J connectivity index is 2.50. The molecule has 0 aliphatic carbocycles. The molecule has 0 bridgehead atoms. The fourth-order valence-electron chi connectivity index (χ4n) is 1.47. The Morgan fingerprint density at radius 1 is 1.47 bits per heavy atom. The van der Waals surface area contributed by atoms with Crippen molar-refractivity contribution in [2.75, 3.05) is 25.1 Å². The zero-order valence-electron chi connectivity index (χ0n) is 10.6. The average Bonchev–Trinajstić information content (AvgIpc) is 2.29. The number of aryl methyl sites for hydroxylation is 1. The molecular weight excluding hydrogens is 214 g/mol. The number of hydrogen-bond acceptors (Lipinski definition) is 3. The summed E-state index contributed by atoms with van der Waals surface area (Å²) < 4.78 is 4.80. The van der Waals surface area contributed by atoms with Crippen molar-refractivity contribution in [2.45, 2.75) is 13.8 Å². The van der Waals surface area contributed by atoms with Gasteiger partial charge in [0.25, 0.3) is 0 Å². The van der Waals surface area contributed by atoms with Crippen LogP contribution in [0.5, 0.6) is 0 Å². The molecular formula is C14H19NO2. The SMILES string of the molecule is CCOC(=O)/C=C/CN(C)c1cccc(C)c1. The minimum Gasteiger partial charge on any atom is -0.463 e. The van der Waals surface area contributed by atoms with Gasteiger partial charge in [-0.05, 0) is 31.5 Å². The Labute approximate surface area is 103 Å². The predicted molar refractivity (Wildman–Crippen MR) is 70.2 cm³/mol. The van der Waals surface area contributed by atoms with Crippen molar-refractivity contribution in [2.24, 2.45) is 0 Å². The van der Waals surface area contributed by atoms with E-state index in [0.29, 0.717) is 13.2 Å². The van der Waals surface area contributed by atoms with Crippen LogP contribution in [0, 0.1) is 6.92 Å². The first kappa shape index (κ1) is 13.3. The van der Waals surface area contributed by atoms with Crippen molar-refractivity contribution in [3.63, 3.8) is 0 Å². The Kier molecular flexibility index (Phi) is 5.27. The molecule has 0 heterocycles. The van der Waals surface area contributed by atoms with Crippen molar-refractivity contribution < 1.29 is 9.53 Å². The molecule has 0 aromatic heterocycles. The molecule has 0 atom stereocenters. The lowest BCUT2D eigenvalue weighted by molar-refractivity contribution is -0.137. The lowest BCUT2D eigenvalue weighted by Gasteiger charge is -2.17. The number of carbonyl (C=O) groups is 1. The van der Waals surface area contributed by atoms with Gasteiger partial charge >= 0.3 is 5.97 Å². The first-order chi connectivity index (χ1) is 8.13. The zero-order chi connectivity index (χ0) is 12.7. The molecule has 1 rings (SSSR count). The highest BCUT2D eigenvalue weighted by Gasteiger charge is 1.99. The van der Waals surface area contributed by atoms with Crippen LogP contribution in [-0.4, -0.2) is 26.2 Å². The van der Waals surface area contributed by atoms with Gasteiger partial charge in [-0.3, -0.25) is 0 Å². The number of likely N-dealkylation sites (N-methyl/N-ethyl adjacent to an activating group) is 1. The molecule has 3 nitrogen and oxygen atoms in total. The molecule has 0 N–H and O–H groups in total. The van der Waals surface area contributed by atoms with E-state index in [9.17, 15) is 4.79 Å². The van der Waals surface area contributed by atoms with Gasteiger partial charge in [0, 0.05) is 25.4 Å². The van der Waals surface area contributed by atoms with Crippen molar-refractivity contribution in [1.29, 1.82) is 0 Å². The van der Waals surface area contributed by atoms with Crippen molar-refractivity contribution in [1.82, 2.24) is 0 Å². The normalized spacial score (nSPS) is 10.5. The maximum atomic E-state index is 11.1. The number of rotatable bonds is 5. The summed E-state index contributed by atoms with van der Waals surface area (Å²) in [6.45, 7) is 4.95. The highest BCUT2D eigenvalue weighted by molar-refractivity contribution is 5.81. The maximum absolute atomic E-state index is 11.1. The second-order valence-electron chi connectivity index (χ2n) is 3.87. The van der Waals surface area contributed by atoms with E-state index in [0.717, 1.165) is 5.69 Å². The van der Waals surface area contributed by atoms with Crippen molar-refractivity contribution in [3.05, 3.63) is 42.0 Å². The van der Waals surface area contributed by atoms with E-state index in [2.05, 4.69) is 24.0 Å². The van der Waals surface area contributed by atoms with E-state index in [1.54, 1.807) is 13.0 Å². The van der Waals surface area contributed by atoms with E-state index < -0.39 is 0 Å². The van der Waals surface area contributed by atoms with Gasteiger partial charge in [0.2, 0.25) is 0 Å². The van der Waals surface area contributed by atoms with Gasteiger partial charge in [0.15, 0.2) is 0 Å². The molecule has 0 spiro atoms. The van der Waals surface area contributed by atoms with E-state index in [1.165, 1.54) is 11.6 Å². The molecule has 0 saturated carbocycles. The van der Waals surface area contributed by atoms with Crippen LogP contribution in [0.1, 0.15) is 12.5 Å². The molecule has 0 aliphatic heterocycles. The van der Waals surface area contributed by atoms with E-state index >= 15 is 0 Å². The van der Waals surface area contributed by atoms with E-state index in [1.807, 2.05) is 19.2 Å². The van der Waals surface area contributed by atoms with Gasteiger partial charge in [-0.2, -0.15) is 0 Å². The smallest absolute Gasteiger partial charge is 0.330 e. The molecule has 92 valence electrons. The minimum atomic E-state index is -0.287. The topological polar surface area (TPSA) is 29.5 Å². The lowest BCUT2D eigenvalue weighted by Crippen LogP contribution is -2.17. The largest absolute Gasteiger partial charge is 0.463 e. The Bertz CT molecular complexity index is 399. The van der Waals surface area contributed by atoms with Gasteiger partial charge in [0.1, 0.15) is 0 Å². The van der Waals surface area contributed by atoms with Gasteiger partial charge in [0.05, 0.1) is 6.61 Å². The standard InChI is InChI=1S/C14H19NO2/c1-4-17-14(16)9-6-10-15(3)13-8-5-7-12(2)11-13/h5-9,11H,4,10H2,1-3H3/b9-6+. The molecule has 3 heteroatoms.